The van der Waals surface area contributed by atoms with Crippen LogP contribution in [-0.4, -0.2) is 0 Å². The lowest BCUT2D eigenvalue weighted by molar-refractivity contribution is -0.137. The molecule has 0 atom stereocenters. The molecule has 2 aromatic rings. The molecule has 0 heterocycles. The van der Waals surface area contributed by atoms with Crippen LogP contribution in [0.2, 0.25) is 10.0 Å². The molecule has 2 nitrogen and oxygen atoms in total. The molecular formula is C13H8Cl2F3NO. The number of hydrogen-bond donors (Lipinski definition) is 1. The zero-order valence-corrected chi connectivity index (χ0v) is 11.4. The summed E-state index contributed by atoms with van der Waals surface area (Å²) in [5, 5.41) is -0.142. The second kappa shape index (κ2) is 5.42. The standard InChI is InChI=1S/C13H8Cl2F3NO/c14-10-5-7(1-3-9(10)13(16,17)18)20-8-2-4-12(19)11(15)6-8/h1-6H,19H2. The highest BCUT2D eigenvalue weighted by atomic mass is 35.5. The third kappa shape index (κ3) is 3.29. The fourth-order valence-corrected chi connectivity index (χ4v) is 1.94. The van der Waals surface area contributed by atoms with Crippen LogP contribution in [0.4, 0.5) is 18.9 Å². The summed E-state index contributed by atoms with van der Waals surface area (Å²) >= 11 is 11.4. The lowest BCUT2D eigenvalue weighted by atomic mass is 10.2. The predicted octanol–water partition coefficient (Wildman–Crippen LogP) is 5.39. The SMILES string of the molecule is Nc1ccc(Oc2ccc(C(F)(F)F)c(Cl)c2)cc1Cl. The molecule has 2 N–H and O–H groups in total. The van der Waals surface area contributed by atoms with E-state index in [0.717, 1.165) is 12.1 Å². The van der Waals surface area contributed by atoms with E-state index in [4.69, 9.17) is 33.7 Å². The predicted molar refractivity (Wildman–Crippen MR) is 72.4 cm³/mol. The first-order valence-corrected chi connectivity index (χ1v) is 6.12. The van der Waals surface area contributed by atoms with E-state index in [-0.39, 0.29) is 5.75 Å². The van der Waals surface area contributed by atoms with E-state index < -0.39 is 16.8 Å². The van der Waals surface area contributed by atoms with Crippen molar-refractivity contribution in [2.45, 2.75) is 6.18 Å². The number of benzene rings is 2. The summed E-state index contributed by atoms with van der Waals surface area (Å²) < 4.78 is 43.0. The zero-order chi connectivity index (χ0) is 14.9. The quantitative estimate of drug-likeness (QED) is 0.753. The minimum atomic E-state index is -4.50. The third-order valence-electron chi connectivity index (χ3n) is 2.45. The van der Waals surface area contributed by atoms with Crippen molar-refractivity contribution in [2.75, 3.05) is 5.73 Å². The van der Waals surface area contributed by atoms with E-state index in [1.807, 2.05) is 0 Å². The smallest absolute Gasteiger partial charge is 0.417 e. The van der Waals surface area contributed by atoms with Gasteiger partial charge in [-0.05, 0) is 24.3 Å². The van der Waals surface area contributed by atoms with Crippen molar-refractivity contribution >= 4 is 28.9 Å². The van der Waals surface area contributed by atoms with Gasteiger partial charge in [0.15, 0.2) is 0 Å². The van der Waals surface area contributed by atoms with Crippen LogP contribution in [0.5, 0.6) is 11.5 Å². The summed E-state index contributed by atoms with van der Waals surface area (Å²) in [6.45, 7) is 0. The highest BCUT2D eigenvalue weighted by molar-refractivity contribution is 6.33. The largest absolute Gasteiger partial charge is 0.457 e. The Hall–Kier alpha value is -1.59. The van der Waals surface area contributed by atoms with E-state index >= 15 is 0 Å². The first-order valence-electron chi connectivity index (χ1n) is 5.37. The Kier molecular flexibility index (Phi) is 4.01. The van der Waals surface area contributed by atoms with E-state index in [1.54, 1.807) is 6.07 Å². The van der Waals surface area contributed by atoms with E-state index in [0.29, 0.717) is 16.5 Å². The lowest BCUT2D eigenvalue weighted by Crippen LogP contribution is -2.05. The van der Waals surface area contributed by atoms with Crippen molar-refractivity contribution in [3.8, 4) is 11.5 Å². The first kappa shape index (κ1) is 14.8. The third-order valence-corrected chi connectivity index (χ3v) is 3.09. The van der Waals surface area contributed by atoms with Crippen LogP contribution in [0.3, 0.4) is 0 Å². The van der Waals surface area contributed by atoms with Gasteiger partial charge in [0.25, 0.3) is 0 Å². The van der Waals surface area contributed by atoms with Gasteiger partial charge >= 0.3 is 6.18 Å². The number of anilines is 1. The van der Waals surface area contributed by atoms with Crippen molar-refractivity contribution in [3.05, 3.63) is 52.0 Å². The Balaban J connectivity index is 2.26. The molecule has 0 radical (unpaired) electrons. The van der Waals surface area contributed by atoms with Crippen LogP contribution in [0.15, 0.2) is 36.4 Å². The zero-order valence-electron chi connectivity index (χ0n) is 9.84. The summed E-state index contributed by atoms with van der Waals surface area (Å²) in [7, 11) is 0. The number of hydrogen-bond acceptors (Lipinski definition) is 2. The minimum absolute atomic E-state index is 0.170. The van der Waals surface area contributed by atoms with Crippen LogP contribution in [0.25, 0.3) is 0 Å². The Labute approximate surface area is 122 Å². The molecule has 2 rings (SSSR count). The molecule has 0 saturated heterocycles. The van der Waals surface area contributed by atoms with Gasteiger partial charge in [-0.1, -0.05) is 23.2 Å². The summed E-state index contributed by atoms with van der Waals surface area (Å²) in [5.74, 6) is 0.517. The number of nitrogen functional groups attached to an aromatic ring is 1. The Morgan fingerprint density at radius 1 is 0.900 bits per heavy atom. The first-order chi connectivity index (χ1) is 9.27. The summed E-state index contributed by atoms with van der Waals surface area (Å²) in [5.41, 5.74) is 5.00. The van der Waals surface area contributed by atoms with Gasteiger partial charge in [-0.2, -0.15) is 13.2 Å². The van der Waals surface area contributed by atoms with Crippen LogP contribution >= 0.6 is 23.2 Å². The normalized spacial score (nSPS) is 11.4. The molecule has 2 aromatic carbocycles. The second-order valence-corrected chi connectivity index (χ2v) is 4.74. The van der Waals surface area contributed by atoms with E-state index in [9.17, 15) is 13.2 Å². The van der Waals surface area contributed by atoms with Gasteiger partial charge in [-0.3, -0.25) is 0 Å². The van der Waals surface area contributed by atoms with Crippen LogP contribution in [-0.2, 0) is 6.18 Å². The minimum Gasteiger partial charge on any atom is -0.457 e. The number of alkyl halides is 3. The van der Waals surface area contributed by atoms with Gasteiger partial charge in [0.05, 0.1) is 21.3 Å². The average Bonchev–Trinajstić information content (AvgIpc) is 2.32. The van der Waals surface area contributed by atoms with Gasteiger partial charge in [0, 0.05) is 12.1 Å². The summed E-state index contributed by atoms with van der Waals surface area (Å²) in [6.07, 6.45) is -4.50. The number of halogens is 5. The van der Waals surface area contributed by atoms with E-state index in [1.165, 1.54) is 18.2 Å². The molecule has 0 saturated carbocycles. The molecule has 106 valence electrons. The van der Waals surface area contributed by atoms with Crippen molar-refractivity contribution in [2.24, 2.45) is 0 Å². The summed E-state index contributed by atoms with van der Waals surface area (Å²) in [4.78, 5) is 0. The molecule has 0 unspecified atom stereocenters. The molecule has 0 aliphatic rings. The van der Waals surface area contributed by atoms with Crippen molar-refractivity contribution in [1.29, 1.82) is 0 Å². The Morgan fingerprint density at radius 3 is 1.95 bits per heavy atom. The molecule has 0 spiro atoms. The Morgan fingerprint density at radius 2 is 1.45 bits per heavy atom. The molecule has 0 aliphatic carbocycles. The number of ether oxygens (including phenoxy) is 1. The maximum atomic E-state index is 12.5. The molecule has 7 heteroatoms. The average molecular weight is 322 g/mol. The van der Waals surface area contributed by atoms with Crippen LogP contribution in [0.1, 0.15) is 5.56 Å². The number of nitrogens with two attached hydrogens (primary N) is 1. The maximum Gasteiger partial charge on any atom is 0.417 e. The fourth-order valence-electron chi connectivity index (χ4n) is 1.50. The van der Waals surface area contributed by atoms with Gasteiger partial charge in [0.2, 0.25) is 0 Å². The van der Waals surface area contributed by atoms with E-state index in [2.05, 4.69) is 0 Å². The van der Waals surface area contributed by atoms with Crippen molar-refractivity contribution in [3.63, 3.8) is 0 Å². The highest BCUT2D eigenvalue weighted by Crippen LogP contribution is 2.37. The Bertz CT molecular complexity index is 644. The molecule has 0 bridgehead atoms. The maximum absolute atomic E-state index is 12.5. The van der Waals surface area contributed by atoms with Crippen LogP contribution in [0, 0.1) is 0 Å². The van der Waals surface area contributed by atoms with Gasteiger partial charge in [0.1, 0.15) is 11.5 Å². The monoisotopic (exact) mass is 321 g/mol. The van der Waals surface area contributed by atoms with Crippen molar-refractivity contribution in [1.82, 2.24) is 0 Å². The fraction of sp³-hybridized carbons (Fsp3) is 0.0769. The van der Waals surface area contributed by atoms with Crippen LogP contribution < -0.4 is 10.5 Å². The topological polar surface area (TPSA) is 35.2 Å². The highest BCUT2D eigenvalue weighted by Gasteiger charge is 2.33. The van der Waals surface area contributed by atoms with Gasteiger partial charge < -0.3 is 10.5 Å². The second-order valence-electron chi connectivity index (χ2n) is 3.92. The van der Waals surface area contributed by atoms with Crippen molar-refractivity contribution < 1.29 is 17.9 Å². The van der Waals surface area contributed by atoms with Gasteiger partial charge in [-0.25, -0.2) is 0 Å². The molecule has 0 fully saturated rings. The lowest BCUT2D eigenvalue weighted by Gasteiger charge is -2.11. The van der Waals surface area contributed by atoms with Gasteiger partial charge in [-0.15, -0.1) is 0 Å². The molecule has 0 aromatic heterocycles. The molecular weight excluding hydrogens is 314 g/mol. The molecule has 0 amide bonds. The molecule has 20 heavy (non-hydrogen) atoms. The molecule has 0 aliphatic heterocycles. The number of rotatable bonds is 2. The summed E-state index contributed by atoms with van der Waals surface area (Å²) in [6, 6.07) is 7.67.